The third-order valence-corrected chi connectivity index (χ3v) is 5.71. The zero-order valence-electron chi connectivity index (χ0n) is 19.0. The zero-order chi connectivity index (χ0) is 23.1. The molecule has 1 saturated heterocycles. The summed E-state index contributed by atoms with van der Waals surface area (Å²) in [5, 5.41) is 11.1. The molecule has 1 N–H and O–H groups in total. The van der Waals surface area contributed by atoms with Gasteiger partial charge in [-0.25, -0.2) is 0 Å². The van der Waals surface area contributed by atoms with Crippen LogP contribution in [0.5, 0.6) is 5.75 Å². The van der Waals surface area contributed by atoms with Crippen molar-refractivity contribution in [3.05, 3.63) is 65.5 Å². The van der Waals surface area contributed by atoms with E-state index in [0.29, 0.717) is 31.0 Å². The summed E-state index contributed by atoms with van der Waals surface area (Å²) in [4.78, 5) is 33.8. The Labute approximate surface area is 189 Å². The molecule has 32 heavy (non-hydrogen) atoms. The van der Waals surface area contributed by atoms with Crippen LogP contribution in [0.4, 0.5) is 0 Å². The van der Waals surface area contributed by atoms with Crippen LogP contribution >= 0.6 is 0 Å². The smallest absolute Gasteiger partial charge is 0.295 e. The quantitative estimate of drug-likeness (QED) is 0.347. The summed E-state index contributed by atoms with van der Waals surface area (Å²) in [6, 6.07) is 9.79. The third kappa shape index (κ3) is 4.99. The first-order valence-electron chi connectivity index (χ1n) is 11.2. The highest BCUT2D eigenvalue weighted by Gasteiger charge is 2.45. The van der Waals surface area contributed by atoms with Gasteiger partial charge in [-0.05, 0) is 61.5 Å². The molecule has 1 atom stereocenters. The van der Waals surface area contributed by atoms with Gasteiger partial charge in [0.15, 0.2) is 0 Å². The number of Topliss-reactive ketones (excluding diaryl/α,β-unsaturated/α-hetero) is 1. The molecule has 1 unspecified atom stereocenters. The molecule has 1 fully saturated rings. The standard InChI is InChI=1S/C25H31N3O4/c1-4-17-32-20-9-7-19(8-10-20)23(29)21-22(18-11-13-26-14-12-18)28(25(31)24(21)30)16-15-27(5-2)6-3/h7-14,22,29H,4-6,15-17H2,1-3H3/b23-21-. The van der Waals surface area contributed by atoms with E-state index in [1.807, 2.05) is 6.92 Å². The van der Waals surface area contributed by atoms with Gasteiger partial charge < -0.3 is 19.6 Å². The van der Waals surface area contributed by atoms with E-state index in [9.17, 15) is 14.7 Å². The highest BCUT2D eigenvalue weighted by molar-refractivity contribution is 6.46. The number of rotatable bonds is 10. The van der Waals surface area contributed by atoms with Crippen LogP contribution in [-0.4, -0.2) is 64.4 Å². The second-order valence-corrected chi connectivity index (χ2v) is 7.67. The van der Waals surface area contributed by atoms with Crippen molar-refractivity contribution in [2.24, 2.45) is 0 Å². The van der Waals surface area contributed by atoms with Gasteiger partial charge >= 0.3 is 0 Å². The Morgan fingerprint density at radius 1 is 1.06 bits per heavy atom. The van der Waals surface area contributed by atoms with Gasteiger partial charge in [-0.3, -0.25) is 14.6 Å². The number of aliphatic hydroxyl groups is 1. The number of amides is 1. The van der Waals surface area contributed by atoms with E-state index in [-0.39, 0.29) is 11.3 Å². The lowest BCUT2D eigenvalue weighted by molar-refractivity contribution is -0.140. The lowest BCUT2D eigenvalue weighted by Crippen LogP contribution is -2.38. The molecule has 2 heterocycles. The van der Waals surface area contributed by atoms with E-state index in [1.165, 1.54) is 0 Å². The van der Waals surface area contributed by atoms with Gasteiger partial charge in [0.05, 0.1) is 18.2 Å². The van der Waals surface area contributed by atoms with Crippen LogP contribution in [0.1, 0.15) is 44.4 Å². The molecule has 0 aliphatic carbocycles. The first-order valence-corrected chi connectivity index (χ1v) is 11.2. The number of aliphatic hydroxyl groups excluding tert-OH is 1. The highest BCUT2D eigenvalue weighted by Crippen LogP contribution is 2.39. The Hall–Kier alpha value is -3.19. The van der Waals surface area contributed by atoms with Crippen molar-refractivity contribution < 1.29 is 19.4 Å². The number of ether oxygens (including phenoxy) is 1. The number of benzene rings is 1. The first-order chi connectivity index (χ1) is 15.5. The summed E-state index contributed by atoms with van der Waals surface area (Å²) in [6.07, 6.45) is 4.14. The second kappa shape index (κ2) is 10.9. The molecular formula is C25H31N3O4. The number of carbonyl (C=O) groups is 2. The molecule has 7 heteroatoms. The fraction of sp³-hybridized carbons (Fsp3) is 0.400. The minimum absolute atomic E-state index is 0.1000. The van der Waals surface area contributed by atoms with Gasteiger partial charge in [0, 0.05) is 31.0 Å². The van der Waals surface area contributed by atoms with E-state index < -0.39 is 17.7 Å². The molecule has 0 radical (unpaired) electrons. The predicted molar refractivity (Wildman–Crippen MR) is 123 cm³/mol. The van der Waals surface area contributed by atoms with Crippen LogP contribution < -0.4 is 4.74 Å². The number of likely N-dealkylation sites (tertiary alicyclic amines) is 1. The molecule has 1 aliphatic rings. The van der Waals surface area contributed by atoms with Crippen molar-refractivity contribution in [1.29, 1.82) is 0 Å². The lowest BCUT2D eigenvalue weighted by atomic mass is 9.96. The minimum Gasteiger partial charge on any atom is -0.507 e. The fourth-order valence-electron chi connectivity index (χ4n) is 3.88. The van der Waals surface area contributed by atoms with E-state index in [1.54, 1.807) is 53.7 Å². The predicted octanol–water partition coefficient (Wildman–Crippen LogP) is 3.63. The van der Waals surface area contributed by atoms with Gasteiger partial charge in [0.25, 0.3) is 11.7 Å². The maximum absolute atomic E-state index is 13.0. The molecule has 1 aromatic carbocycles. The SMILES string of the molecule is CCCOc1ccc(/C(O)=C2/C(=O)C(=O)N(CCN(CC)CC)C2c2ccncc2)cc1. The van der Waals surface area contributed by atoms with E-state index in [0.717, 1.165) is 25.1 Å². The molecule has 0 spiro atoms. The van der Waals surface area contributed by atoms with Crippen LogP contribution in [-0.2, 0) is 9.59 Å². The summed E-state index contributed by atoms with van der Waals surface area (Å²) in [5.74, 6) is -0.759. The largest absolute Gasteiger partial charge is 0.507 e. The van der Waals surface area contributed by atoms with E-state index in [2.05, 4.69) is 23.7 Å². The third-order valence-electron chi connectivity index (χ3n) is 5.71. The summed E-state index contributed by atoms with van der Waals surface area (Å²) in [7, 11) is 0. The molecule has 1 aliphatic heterocycles. The van der Waals surface area contributed by atoms with Crippen molar-refractivity contribution in [3.8, 4) is 5.75 Å². The molecular weight excluding hydrogens is 406 g/mol. The van der Waals surface area contributed by atoms with E-state index >= 15 is 0 Å². The maximum atomic E-state index is 13.0. The van der Waals surface area contributed by atoms with Crippen LogP contribution in [0.15, 0.2) is 54.4 Å². The first kappa shape index (κ1) is 23.5. The Bertz CT molecular complexity index is 953. The average Bonchev–Trinajstić information content (AvgIpc) is 3.08. The molecule has 0 saturated carbocycles. The number of hydrogen-bond donors (Lipinski definition) is 1. The number of hydrogen-bond acceptors (Lipinski definition) is 6. The maximum Gasteiger partial charge on any atom is 0.295 e. The van der Waals surface area contributed by atoms with Gasteiger partial charge in [-0.15, -0.1) is 0 Å². The van der Waals surface area contributed by atoms with Crippen LogP contribution in [0.3, 0.4) is 0 Å². The van der Waals surface area contributed by atoms with Crippen LogP contribution in [0, 0.1) is 0 Å². The molecule has 1 amide bonds. The van der Waals surface area contributed by atoms with Crippen molar-refractivity contribution >= 4 is 17.4 Å². The molecule has 1 aromatic heterocycles. The number of nitrogens with zero attached hydrogens (tertiary/aromatic N) is 3. The monoisotopic (exact) mass is 437 g/mol. The van der Waals surface area contributed by atoms with Crippen LogP contribution in [0.2, 0.25) is 0 Å². The van der Waals surface area contributed by atoms with Gasteiger partial charge in [-0.2, -0.15) is 0 Å². The number of likely N-dealkylation sites (N-methyl/N-ethyl adjacent to an activating group) is 1. The molecule has 0 bridgehead atoms. The summed E-state index contributed by atoms with van der Waals surface area (Å²) < 4.78 is 5.60. The second-order valence-electron chi connectivity index (χ2n) is 7.67. The average molecular weight is 438 g/mol. The summed E-state index contributed by atoms with van der Waals surface area (Å²) >= 11 is 0. The number of aromatic nitrogens is 1. The Morgan fingerprint density at radius 3 is 2.31 bits per heavy atom. The molecule has 2 aromatic rings. The Balaban J connectivity index is 2.00. The Morgan fingerprint density at radius 2 is 1.72 bits per heavy atom. The topological polar surface area (TPSA) is 83.0 Å². The fourth-order valence-corrected chi connectivity index (χ4v) is 3.88. The summed E-state index contributed by atoms with van der Waals surface area (Å²) in [6.45, 7) is 9.49. The van der Waals surface area contributed by atoms with Crippen LogP contribution in [0.25, 0.3) is 5.76 Å². The molecule has 170 valence electrons. The number of pyridine rings is 1. The summed E-state index contributed by atoms with van der Waals surface area (Å²) in [5.41, 5.74) is 1.31. The Kier molecular flexibility index (Phi) is 8.00. The highest BCUT2D eigenvalue weighted by atomic mass is 16.5. The van der Waals surface area contributed by atoms with Crippen molar-refractivity contribution in [1.82, 2.24) is 14.8 Å². The molecule has 3 rings (SSSR count). The van der Waals surface area contributed by atoms with Crippen molar-refractivity contribution in [2.75, 3.05) is 32.8 Å². The normalized spacial score (nSPS) is 17.9. The zero-order valence-corrected chi connectivity index (χ0v) is 19.0. The van der Waals surface area contributed by atoms with Gasteiger partial charge in [0.2, 0.25) is 0 Å². The van der Waals surface area contributed by atoms with Crippen molar-refractivity contribution in [3.63, 3.8) is 0 Å². The van der Waals surface area contributed by atoms with Gasteiger partial charge in [-0.1, -0.05) is 20.8 Å². The van der Waals surface area contributed by atoms with Gasteiger partial charge in [0.1, 0.15) is 11.5 Å². The number of carbonyl (C=O) groups excluding carboxylic acids is 2. The van der Waals surface area contributed by atoms with Crippen molar-refractivity contribution in [2.45, 2.75) is 33.2 Å². The van der Waals surface area contributed by atoms with E-state index in [4.69, 9.17) is 4.74 Å². The number of ketones is 1. The minimum atomic E-state index is -0.671. The lowest BCUT2D eigenvalue weighted by Gasteiger charge is -2.28. The molecule has 7 nitrogen and oxygen atoms in total.